The number of carbonyl (C=O) groups is 2. The first-order valence-corrected chi connectivity index (χ1v) is 14.0. The van der Waals surface area contributed by atoms with Gasteiger partial charge in [-0.1, -0.05) is 70.0 Å². The molecule has 0 fully saturated rings. The van der Waals surface area contributed by atoms with Gasteiger partial charge in [-0.2, -0.15) is 0 Å². The third-order valence-electron chi connectivity index (χ3n) is 6.86. The van der Waals surface area contributed by atoms with Crippen molar-refractivity contribution in [3.05, 3.63) is 92.1 Å². The van der Waals surface area contributed by atoms with Gasteiger partial charge in [0.05, 0.1) is 6.04 Å². The molecule has 0 spiro atoms. The maximum absolute atomic E-state index is 13.8. The minimum atomic E-state index is -0.168. The number of fused-ring (bicyclic) bond motifs is 1. The predicted octanol–water partition coefficient (Wildman–Crippen LogP) is 7.12. The normalized spacial score (nSPS) is 15.5. The van der Waals surface area contributed by atoms with Crippen LogP contribution in [-0.2, 0) is 16.6 Å². The Morgan fingerprint density at radius 3 is 2.39 bits per heavy atom. The van der Waals surface area contributed by atoms with Crippen molar-refractivity contribution in [2.24, 2.45) is 0 Å². The highest BCUT2D eigenvalue weighted by Gasteiger charge is 2.34. The van der Waals surface area contributed by atoms with Gasteiger partial charge in [0.25, 0.3) is 5.91 Å². The molecule has 6 heteroatoms. The molecule has 1 atom stereocenters. The summed E-state index contributed by atoms with van der Waals surface area (Å²) >= 11 is 7.89. The zero-order valence-corrected chi connectivity index (χ0v) is 23.2. The molecule has 2 amide bonds. The van der Waals surface area contributed by atoms with Gasteiger partial charge in [-0.05, 0) is 70.7 Å². The summed E-state index contributed by atoms with van der Waals surface area (Å²) in [5, 5.41) is 2.77. The van der Waals surface area contributed by atoms with Crippen LogP contribution in [0.5, 0.6) is 0 Å². The zero-order chi connectivity index (χ0) is 25.9. The number of hydrogen-bond donors (Lipinski definition) is 0. The van der Waals surface area contributed by atoms with Crippen molar-refractivity contribution in [3.8, 4) is 0 Å². The molecule has 4 nitrogen and oxygen atoms in total. The lowest BCUT2D eigenvalue weighted by Crippen LogP contribution is -2.47. The highest BCUT2D eigenvalue weighted by Crippen LogP contribution is 2.38. The van der Waals surface area contributed by atoms with E-state index in [-0.39, 0.29) is 29.8 Å². The molecule has 190 valence electrons. The number of hydrogen-bond acceptors (Lipinski definition) is 3. The SMILES string of the molecule is CCCCN(CC(=O)N1CCc2sccc2C1c1ccc(Cl)cc1)C(=O)c1ccc(C(C)(C)C)cc1. The van der Waals surface area contributed by atoms with Crippen LogP contribution >= 0.6 is 22.9 Å². The second-order valence-corrected chi connectivity index (χ2v) is 11.9. The molecule has 1 aromatic heterocycles. The van der Waals surface area contributed by atoms with E-state index in [1.165, 1.54) is 16.0 Å². The Hall–Kier alpha value is -2.63. The lowest BCUT2D eigenvalue weighted by molar-refractivity contribution is -0.134. The van der Waals surface area contributed by atoms with Crippen molar-refractivity contribution in [3.63, 3.8) is 0 Å². The molecule has 0 saturated heterocycles. The molecule has 4 rings (SSSR count). The molecule has 1 aliphatic rings. The van der Waals surface area contributed by atoms with Crippen LogP contribution in [0, 0.1) is 0 Å². The van der Waals surface area contributed by atoms with Crippen molar-refractivity contribution in [2.45, 2.75) is 58.4 Å². The van der Waals surface area contributed by atoms with Gasteiger partial charge in [0.1, 0.15) is 6.54 Å². The van der Waals surface area contributed by atoms with Gasteiger partial charge in [0, 0.05) is 28.6 Å². The average Bonchev–Trinajstić information content (AvgIpc) is 3.34. The minimum Gasteiger partial charge on any atom is -0.330 e. The van der Waals surface area contributed by atoms with Crippen molar-refractivity contribution in [1.29, 1.82) is 0 Å². The molecule has 0 saturated carbocycles. The first-order chi connectivity index (χ1) is 17.2. The fraction of sp³-hybridized carbons (Fsp3) is 0.400. The second-order valence-electron chi connectivity index (χ2n) is 10.5. The van der Waals surface area contributed by atoms with E-state index in [9.17, 15) is 9.59 Å². The maximum Gasteiger partial charge on any atom is 0.254 e. The highest BCUT2D eigenvalue weighted by atomic mass is 35.5. The molecule has 0 N–H and O–H groups in total. The lowest BCUT2D eigenvalue weighted by atomic mass is 9.86. The van der Waals surface area contributed by atoms with Crippen LogP contribution in [0.1, 0.15) is 78.5 Å². The standard InChI is InChI=1S/C30H35ClN2O2S/c1-5-6-17-32(29(35)22-7-11-23(12-8-22)30(2,3)4)20-27(34)33-18-15-26-25(16-19-36-26)28(33)21-9-13-24(31)14-10-21/h7-14,16,19,28H,5-6,15,17-18,20H2,1-4H3. The number of halogens is 1. The Kier molecular flexibility index (Phi) is 8.21. The van der Waals surface area contributed by atoms with Gasteiger partial charge >= 0.3 is 0 Å². The molecular weight excluding hydrogens is 488 g/mol. The summed E-state index contributed by atoms with van der Waals surface area (Å²) in [6, 6.07) is 17.5. The zero-order valence-electron chi connectivity index (χ0n) is 21.6. The Morgan fingerprint density at radius 1 is 1.06 bits per heavy atom. The highest BCUT2D eigenvalue weighted by molar-refractivity contribution is 7.10. The van der Waals surface area contributed by atoms with E-state index in [1.807, 2.05) is 53.4 Å². The van der Waals surface area contributed by atoms with Crippen LogP contribution in [0.4, 0.5) is 0 Å². The van der Waals surface area contributed by atoms with E-state index in [1.54, 1.807) is 16.2 Å². The Bertz CT molecular complexity index is 1190. The molecule has 1 unspecified atom stereocenters. The number of benzene rings is 2. The van der Waals surface area contributed by atoms with Crippen LogP contribution in [0.25, 0.3) is 0 Å². The maximum atomic E-state index is 13.8. The van der Waals surface area contributed by atoms with Crippen molar-refractivity contribution < 1.29 is 9.59 Å². The molecule has 36 heavy (non-hydrogen) atoms. The molecule has 2 heterocycles. The Balaban J connectivity index is 1.58. The van der Waals surface area contributed by atoms with E-state index < -0.39 is 0 Å². The number of unbranched alkanes of at least 4 members (excludes halogenated alkanes) is 1. The topological polar surface area (TPSA) is 40.6 Å². The van der Waals surface area contributed by atoms with E-state index in [0.717, 1.165) is 24.8 Å². The van der Waals surface area contributed by atoms with E-state index in [0.29, 0.717) is 23.7 Å². The van der Waals surface area contributed by atoms with Crippen LogP contribution < -0.4 is 0 Å². The van der Waals surface area contributed by atoms with Gasteiger partial charge < -0.3 is 9.80 Å². The monoisotopic (exact) mass is 522 g/mol. The van der Waals surface area contributed by atoms with Crippen molar-refractivity contribution >= 4 is 34.8 Å². The molecule has 0 bridgehead atoms. The van der Waals surface area contributed by atoms with Gasteiger partial charge in [0.15, 0.2) is 0 Å². The number of nitrogens with zero attached hydrogens (tertiary/aromatic N) is 2. The van der Waals surface area contributed by atoms with Gasteiger partial charge in [-0.15, -0.1) is 11.3 Å². The predicted molar refractivity (Wildman–Crippen MR) is 149 cm³/mol. The summed E-state index contributed by atoms with van der Waals surface area (Å²) in [5.41, 5.74) is 4.04. The van der Waals surface area contributed by atoms with Crippen LogP contribution in [-0.4, -0.2) is 41.2 Å². The third kappa shape index (κ3) is 5.84. The smallest absolute Gasteiger partial charge is 0.254 e. The van der Waals surface area contributed by atoms with Crippen LogP contribution in [0.2, 0.25) is 5.02 Å². The molecular formula is C30H35ClN2O2S. The lowest BCUT2D eigenvalue weighted by Gasteiger charge is -2.37. The quantitative estimate of drug-likeness (QED) is 0.331. The van der Waals surface area contributed by atoms with Gasteiger partial charge in [0.2, 0.25) is 5.91 Å². The van der Waals surface area contributed by atoms with Crippen LogP contribution in [0.15, 0.2) is 60.0 Å². The summed E-state index contributed by atoms with van der Waals surface area (Å²) in [6.07, 6.45) is 2.64. The van der Waals surface area contributed by atoms with E-state index >= 15 is 0 Å². The molecule has 1 aliphatic heterocycles. The van der Waals surface area contributed by atoms with Crippen LogP contribution in [0.3, 0.4) is 0 Å². The van der Waals surface area contributed by atoms with Crippen molar-refractivity contribution in [1.82, 2.24) is 9.80 Å². The third-order valence-corrected chi connectivity index (χ3v) is 8.11. The van der Waals surface area contributed by atoms with Gasteiger partial charge in [-0.25, -0.2) is 0 Å². The largest absolute Gasteiger partial charge is 0.330 e. The number of rotatable bonds is 7. The second kappa shape index (κ2) is 11.2. The Labute approximate surface area is 223 Å². The molecule has 2 aromatic carbocycles. The van der Waals surface area contributed by atoms with Gasteiger partial charge in [-0.3, -0.25) is 9.59 Å². The first kappa shape index (κ1) is 26.4. The summed E-state index contributed by atoms with van der Waals surface area (Å²) in [4.78, 5) is 32.3. The fourth-order valence-electron chi connectivity index (χ4n) is 4.74. The number of amides is 2. The fourth-order valence-corrected chi connectivity index (χ4v) is 5.77. The summed E-state index contributed by atoms with van der Waals surface area (Å²) in [7, 11) is 0. The summed E-state index contributed by atoms with van der Waals surface area (Å²) in [5.74, 6) is -0.115. The molecule has 3 aromatic rings. The summed E-state index contributed by atoms with van der Waals surface area (Å²) in [6.45, 7) is 9.84. The number of carbonyl (C=O) groups excluding carboxylic acids is 2. The average molecular weight is 523 g/mol. The first-order valence-electron chi connectivity index (χ1n) is 12.7. The molecule has 0 aliphatic carbocycles. The number of thiophene rings is 1. The van der Waals surface area contributed by atoms with E-state index in [4.69, 9.17) is 11.6 Å². The summed E-state index contributed by atoms with van der Waals surface area (Å²) < 4.78 is 0. The van der Waals surface area contributed by atoms with E-state index in [2.05, 4.69) is 39.1 Å². The Morgan fingerprint density at radius 2 is 1.75 bits per heavy atom. The van der Waals surface area contributed by atoms with Crippen molar-refractivity contribution in [2.75, 3.05) is 19.6 Å². The molecule has 0 radical (unpaired) electrons. The minimum absolute atomic E-state index is 0.0187.